The summed E-state index contributed by atoms with van der Waals surface area (Å²) in [7, 11) is 0. The van der Waals surface area contributed by atoms with Crippen LogP contribution in [-0.2, 0) is 6.54 Å². The molecule has 0 radical (unpaired) electrons. The first-order chi connectivity index (χ1) is 9.85. The van der Waals surface area contributed by atoms with Crippen molar-refractivity contribution in [2.45, 2.75) is 51.5 Å². The number of aryl methyl sites for hydroxylation is 1. The van der Waals surface area contributed by atoms with E-state index in [0.717, 1.165) is 25.0 Å². The van der Waals surface area contributed by atoms with Crippen molar-refractivity contribution in [2.24, 2.45) is 11.7 Å². The van der Waals surface area contributed by atoms with Crippen molar-refractivity contribution in [2.75, 3.05) is 6.54 Å². The zero-order chi connectivity index (χ0) is 13.9. The van der Waals surface area contributed by atoms with Gasteiger partial charge in [-0.05, 0) is 37.8 Å². The first kappa shape index (κ1) is 13.6. The predicted octanol–water partition coefficient (Wildman–Crippen LogP) is 3.07. The van der Waals surface area contributed by atoms with Crippen LogP contribution < -0.4 is 5.73 Å². The van der Waals surface area contributed by atoms with Crippen LogP contribution in [0.5, 0.6) is 0 Å². The Morgan fingerprint density at radius 3 is 3.00 bits per heavy atom. The lowest BCUT2D eigenvalue weighted by Gasteiger charge is -2.30. The quantitative estimate of drug-likeness (QED) is 0.930. The maximum atomic E-state index is 6.00. The van der Waals surface area contributed by atoms with E-state index in [9.17, 15) is 0 Å². The van der Waals surface area contributed by atoms with Crippen LogP contribution in [0, 0.1) is 5.92 Å². The van der Waals surface area contributed by atoms with Crippen molar-refractivity contribution in [1.29, 1.82) is 0 Å². The summed E-state index contributed by atoms with van der Waals surface area (Å²) < 4.78 is 2.40. The summed E-state index contributed by atoms with van der Waals surface area (Å²) in [6.07, 6.45) is 9.95. The average molecular weight is 272 g/mol. The molecular weight excluding hydrogens is 248 g/mol. The van der Waals surface area contributed by atoms with E-state index in [1.165, 1.54) is 37.0 Å². The maximum Gasteiger partial charge on any atom is 0.113 e. The highest BCUT2D eigenvalue weighted by molar-refractivity contribution is 5.74. The van der Waals surface area contributed by atoms with Crippen LogP contribution in [0.2, 0.25) is 0 Å². The summed E-state index contributed by atoms with van der Waals surface area (Å²) in [6, 6.07) is 2.09. The molecule has 20 heavy (non-hydrogen) atoms. The van der Waals surface area contributed by atoms with Gasteiger partial charge in [0.05, 0.1) is 11.7 Å². The van der Waals surface area contributed by atoms with E-state index in [2.05, 4.69) is 22.5 Å². The van der Waals surface area contributed by atoms with Crippen LogP contribution in [0.1, 0.15) is 50.8 Å². The molecule has 3 rings (SSSR count). The van der Waals surface area contributed by atoms with Crippen molar-refractivity contribution in [3.8, 4) is 0 Å². The molecule has 2 unspecified atom stereocenters. The average Bonchev–Trinajstić information content (AvgIpc) is 2.86. The molecule has 1 aliphatic rings. The molecule has 2 aromatic heterocycles. The molecule has 2 atom stereocenters. The van der Waals surface area contributed by atoms with Gasteiger partial charge in [0.1, 0.15) is 11.3 Å². The Balaban J connectivity index is 2.06. The lowest BCUT2D eigenvalue weighted by atomic mass is 9.78. The van der Waals surface area contributed by atoms with Gasteiger partial charge in [0.2, 0.25) is 0 Å². The first-order valence-electron chi connectivity index (χ1n) is 7.85. The molecule has 108 valence electrons. The Kier molecular flexibility index (Phi) is 4.01. The minimum absolute atomic E-state index is 0.521. The SMILES string of the molecule is CCCn1c(C2CCCCC2CN)nc2cnccc21. The van der Waals surface area contributed by atoms with Crippen LogP contribution in [-0.4, -0.2) is 21.1 Å². The fraction of sp³-hybridized carbons (Fsp3) is 0.625. The zero-order valence-corrected chi connectivity index (χ0v) is 12.3. The molecule has 2 heterocycles. The summed E-state index contributed by atoms with van der Waals surface area (Å²) in [4.78, 5) is 9.11. The minimum atomic E-state index is 0.521. The normalized spacial score (nSPS) is 23.3. The van der Waals surface area contributed by atoms with Gasteiger partial charge in [-0.3, -0.25) is 4.98 Å². The van der Waals surface area contributed by atoms with E-state index >= 15 is 0 Å². The van der Waals surface area contributed by atoms with E-state index in [-0.39, 0.29) is 0 Å². The number of hydrogen-bond donors (Lipinski definition) is 1. The summed E-state index contributed by atoms with van der Waals surface area (Å²) in [5.41, 5.74) is 8.25. The van der Waals surface area contributed by atoms with Crippen LogP contribution in [0.25, 0.3) is 11.0 Å². The molecule has 4 nitrogen and oxygen atoms in total. The van der Waals surface area contributed by atoms with E-state index in [4.69, 9.17) is 10.7 Å². The Hall–Kier alpha value is -1.42. The van der Waals surface area contributed by atoms with Gasteiger partial charge >= 0.3 is 0 Å². The van der Waals surface area contributed by atoms with Crippen LogP contribution >= 0.6 is 0 Å². The number of fused-ring (bicyclic) bond motifs is 1. The molecule has 1 fully saturated rings. The standard InChI is InChI=1S/C16H24N4/c1-2-9-20-15-7-8-18-11-14(15)19-16(20)13-6-4-3-5-12(13)10-17/h7-8,11-13H,2-6,9-10,17H2,1H3. The molecule has 0 saturated heterocycles. The highest BCUT2D eigenvalue weighted by Gasteiger charge is 2.29. The van der Waals surface area contributed by atoms with Crippen molar-refractivity contribution >= 4 is 11.0 Å². The third-order valence-electron chi connectivity index (χ3n) is 4.57. The molecule has 0 bridgehead atoms. The lowest BCUT2D eigenvalue weighted by Crippen LogP contribution is -2.27. The van der Waals surface area contributed by atoms with E-state index in [1.54, 1.807) is 0 Å². The number of nitrogens with zero attached hydrogens (tertiary/aromatic N) is 3. The van der Waals surface area contributed by atoms with Crippen molar-refractivity contribution in [1.82, 2.24) is 14.5 Å². The van der Waals surface area contributed by atoms with Gasteiger partial charge in [-0.25, -0.2) is 4.98 Å². The number of pyridine rings is 1. The second-order valence-electron chi connectivity index (χ2n) is 5.87. The van der Waals surface area contributed by atoms with E-state index in [0.29, 0.717) is 11.8 Å². The monoisotopic (exact) mass is 272 g/mol. The van der Waals surface area contributed by atoms with Crippen molar-refractivity contribution in [3.05, 3.63) is 24.3 Å². The smallest absolute Gasteiger partial charge is 0.113 e. The first-order valence-corrected chi connectivity index (χ1v) is 7.85. The van der Waals surface area contributed by atoms with Gasteiger partial charge in [0, 0.05) is 18.7 Å². The maximum absolute atomic E-state index is 6.00. The second-order valence-corrected chi connectivity index (χ2v) is 5.87. The number of imidazole rings is 1. The zero-order valence-electron chi connectivity index (χ0n) is 12.3. The molecular formula is C16H24N4. The second kappa shape index (κ2) is 5.92. The molecule has 2 N–H and O–H groups in total. The van der Waals surface area contributed by atoms with Gasteiger partial charge in [0.15, 0.2) is 0 Å². The third-order valence-corrected chi connectivity index (χ3v) is 4.57. The van der Waals surface area contributed by atoms with Gasteiger partial charge in [-0.2, -0.15) is 0 Å². The van der Waals surface area contributed by atoms with Gasteiger partial charge in [0.25, 0.3) is 0 Å². The van der Waals surface area contributed by atoms with Crippen molar-refractivity contribution in [3.63, 3.8) is 0 Å². The molecule has 0 aliphatic heterocycles. The van der Waals surface area contributed by atoms with Gasteiger partial charge in [-0.1, -0.05) is 19.8 Å². The molecule has 0 aromatic carbocycles. The van der Waals surface area contributed by atoms with Crippen LogP contribution in [0.4, 0.5) is 0 Å². The predicted molar refractivity (Wildman–Crippen MR) is 81.6 cm³/mol. The number of hydrogen-bond acceptors (Lipinski definition) is 3. The molecule has 1 aliphatic carbocycles. The fourth-order valence-corrected chi connectivity index (χ4v) is 3.57. The van der Waals surface area contributed by atoms with Crippen molar-refractivity contribution < 1.29 is 0 Å². The summed E-state index contributed by atoms with van der Waals surface area (Å²) in [5.74, 6) is 2.35. The van der Waals surface area contributed by atoms with E-state index in [1.807, 2.05) is 12.4 Å². The molecule has 0 spiro atoms. The van der Waals surface area contributed by atoms with E-state index < -0.39 is 0 Å². The summed E-state index contributed by atoms with van der Waals surface area (Å²) in [6.45, 7) is 4.03. The highest BCUT2D eigenvalue weighted by Crippen LogP contribution is 2.37. The van der Waals surface area contributed by atoms with Crippen LogP contribution in [0.15, 0.2) is 18.5 Å². The molecule has 1 saturated carbocycles. The summed E-state index contributed by atoms with van der Waals surface area (Å²) >= 11 is 0. The summed E-state index contributed by atoms with van der Waals surface area (Å²) in [5, 5.41) is 0. The lowest BCUT2D eigenvalue weighted by molar-refractivity contribution is 0.298. The van der Waals surface area contributed by atoms with Crippen LogP contribution in [0.3, 0.4) is 0 Å². The number of nitrogens with two attached hydrogens (primary N) is 1. The topological polar surface area (TPSA) is 56.7 Å². The number of aromatic nitrogens is 3. The fourth-order valence-electron chi connectivity index (χ4n) is 3.57. The molecule has 4 heteroatoms. The Labute approximate surface area is 120 Å². The number of rotatable bonds is 4. The van der Waals surface area contributed by atoms with Gasteiger partial charge < -0.3 is 10.3 Å². The molecule has 2 aromatic rings. The Bertz CT molecular complexity index is 575. The van der Waals surface area contributed by atoms with Gasteiger partial charge in [-0.15, -0.1) is 0 Å². The Morgan fingerprint density at radius 1 is 1.35 bits per heavy atom. The minimum Gasteiger partial charge on any atom is -0.330 e. The third kappa shape index (κ3) is 2.33. The Morgan fingerprint density at radius 2 is 2.20 bits per heavy atom. The highest BCUT2D eigenvalue weighted by atomic mass is 15.1. The largest absolute Gasteiger partial charge is 0.330 e. The molecule has 0 amide bonds.